The van der Waals surface area contributed by atoms with E-state index in [-0.39, 0.29) is 11.8 Å². The van der Waals surface area contributed by atoms with E-state index >= 15 is 0 Å². The molecule has 5 heteroatoms. The van der Waals surface area contributed by atoms with Gasteiger partial charge in [0.2, 0.25) is 0 Å². The Morgan fingerprint density at radius 1 is 1.29 bits per heavy atom. The molecular weight excluding hydrogens is 222 g/mol. The van der Waals surface area contributed by atoms with Crippen LogP contribution in [0.1, 0.15) is 20.3 Å². The topological polar surface area (TPSA) is 61.6 Å². The van der Waals surface area contributed by atoms with Crippen LogP contribution in [-0.2, 0) is 4.74 Å². The van der Waals surface area contributed by atoms with E-state index in [0.717, 1.165) is 6.42 Å². The molecule has 0 radical (unpaired) electrons. The Bertz CT molecular complexity index is 350. The van der Waals surface area contributed by atoms with Crippen LogP contribution in [0.25, 0.3) is 0 Å². The quantitative estimate of drug-likeness (QED) is 0.417. The van der Waals surface area contributed by atoms with Crippen LogP contribution in [-0.4, -0.2) is 24.2 Å². The average Bonchev–Trinajstić information content (AvgIpc) is 2.34. The van der Waals surface area contributed by atoms with E-state index in [1.165, 1.54) is 12.1 Å². The zero-order chi connectivity index (χ0) is 12.7. The Labute approximate surface area is 101 Å². The zero-order valence-corrected chi connectivity index (χ0v) is 10.1. The molecule has 1 aromatic rings. The summed E-state index contributed by atoms with van der Waals surface area (Å²) in [5.74, 6) is 0.614. The van der Waals surface area contributed by atoms with E-state index < -0.39 is 4.92 Å². The van der Waals surface area contributed by atoms with Gasteiger partial charge in [0.05, 0.1) is 17.6 Å². The molecule has 0 N–H and O–H groups in total. The molecule has 0 aliphatic carbocycles. The highest BCUT2D eigenvalue weighted by Gasteiger charge is 2.04. The van der Waals surface area contributed by atoms with E-state index in [9.17, 15) is 10.1 Å². The fourth-order valence-electron chi connectivity index (χ4n) is 1.19. The third kappa shape index (κ3) is 4.82. The maximum Gasteiger partial charge on any atom is 0.269 e. The molecule has 0 amide bonds. The molecule has 1 rings (SSSR count). The molecule has 1 aromatic carbocycles. The molecule has 0 bridgehead atoms. The SMILES string of the molecule is CCC(C)OCCOc1ccc([N+](=O)[O-])cc1. The van der Waals surface area contributed by atoms with Gasteiger partial charge < -0.3 is 9.47 Å². The zero-order valence-electron chi connectivity index (χ0n) is 10.1. The number of hydrogen-bond donors (Lipinski definition) is 0. The van der Waals surface area contributed by atoms with E-state index in [1.54, 1.807) is 12.1 Å². The summed E-state index contributed by atoms with van der Waals surface area (Å²) >= 11 is 0. The van der Waals surface area contributed by atoms with Gasteiger partial charge in [-0.05, 0) is 25.5 Å². The Balaban J connectivity index is 2.30. The maximum absolute atomic E-state index is 10.4. The first kappa shape index (κ1) is 13.4. The highest BCUT2D eigenvalue weighted by Crippen LogP contribution is 2.17. The summed E-state index contributed by atoms with van der Waals surface area (Å²) in [7, 11) is 0. The van der Waals surface area contributed by atoms with Crippen molar-refractivity contribution in [2.45, 2.75) is 26.4 Å². The standard InChI is InChI=1S/C12H17NO4/c1-3-10(2)16-8-9-17-12-6-4-11(5-7-12)13(14)15/h4-7,10H,3,8-9H2,1-2H3. The third-order valence-electron chi connectivity index (χ3n) is 2.38. The highest BCUT2D eigenvalue weighted by molar-refractivity contribution is 5.35. The average molecular weight is 239 g/mol. The Kier molecular flexibility index (Phi) is 5.42. The van der Waals surface area contributed by atoms with Crippen LogP contribution in [0, 0.1) is 10.1 Å². The number of nitrogens with zero attached hydrogens (tertiary/aromatic N) is 1. The minimum Gasteiger partial charge on any atom is -0.491 e. The van der Waals surface area contributed by atoms with E-state index in [1.807, 2.05) is 6.92 Å². The molecule has 0 heterocycles. The fraction of sp³-hybridized carbons (Fsp3) is 0.500. The van der Waals surface area contributed by atoms with Crippen LogP contribution >= 0.6 is 0 Å². The lowest BCUT2D eigenvalue weighted by Gasteiger charge is -2.11. The number of benzene rings is 1. The predicted molar refractivity (Wildman–Crippen MR) is 64.3 cm³/mol. The second-order valence-corrected chi connectivity index (χ2v) is 3.69. The molecule has 17 heavy (non-hydrogen) atoms. The van der Waals surface area contributed by atoms with Gasteiger partial charge >= 0.3 is 0 Å². The lowest BCUT2D eigenvalue weighted by atomic mass is 10.3. The molecule has 0 aromatic heterocycles. The summed E-state index contributed by atoms with van der Waals surface area (Å²) in [5.41, 5.74) is 0.0632. The second kappa shape index (κ2) is 6.85. The van der Waals surface area contributed by atoms with Gasteiger partial charge in [0.1, 0.15) is 12.4 Å². The Morgan fingerprint density at radius 3 is 2.47 bits per heavy atom. The van der Waals surface area contributed by atoms with Gasteiger partial charge in [0.25, 0.3) is 5.69 Å². The van der Waals surface area contributed by atoms with Crippen molar-refractivity contribution in [1.29, 1.82) is 0 Å². The van der Waals surface area contributed by atoms with Crippen LogP contribution in [0.2, 0.25) is 0 Å². The first-order valence-electron chi connectivity index (χ1n) is 5.62. The van der Waals surface area contributed by atoms with Crippen molar-refractivity contribution < 1.29 is 14.4 Å². The lowest BCUT2D eigenvalue weighted by molar-refractivity contribution is -0.384. The molecule has 0 saturated heterocycles. The van der Waals surface area contributed by atoms with Gasteiger partial charge in [-0.15, -0.1) is 0 Å². The third-order valence-corrected chi connectivity index (χ3v) is 2.38. The van der Waals surface area contributed by atoms with Crippen molar-refractivity contribution in [3.63, 3.8) is 0 Å². The van der Waals surface area contributed by atoms with Crippen LogP contribution in [0.3, 0.4) is 0 Å². The Hall–Kier alpha value is -1.62. The molecule has 0 fully saturated rings. The van der Waals surface area contributed by atoms with Gasteiger partial charge in [-0.25, -0.2) is 0 Å². The number of nitro benzene ring substituents is 1. The Morgan fingerprint density at radius 2 is 1.94 bits per heavy atom. The summed E-state index contributed by atoms with van der Waals surface area (Å²) in [6.07, 6.45) is 1.20. The van der Waals surface area contributed by atoms with Gasteiger partial charge in [0.15, 0.2) is 0 Å². The molecule has 0 saturated carbocycles. The van der Waals surface area contributed by atoms with Crippen molar-refractivity contribution >= 4 is 5.69 Å². The van der Waals surface area contributed by atoms with Crippen LogP contribution in [0.5, 0.6) is 5.75 Å². The molecule has 1 atom stereocenters. The largest absolute Gasteiger partial charge is 0.491 e. The van der Waals surface area contributed by atoms with Gasteiger partial charge in [-0.1, -0.05) is 6.92 Å². The molecular formula is C12H17NO4. The fourth-order valence-corrected chi connectivity index (χ4v) is 1.19. The summed E-state index contributed by atoms with van der Waals surface area (Å²) in [6, 6.07) is 6.01. The van der Waals surface area contributed by atoms with Crippen molar-refractivity contribution in [2.24, 2.45) is 0 Å². The van der Waals surface area contributed by atoms with Gasteiger partial charge in [0, 0.05) is 12.1 Å². The monoisotopic (exact) mass is 239 g/mol. The summed E-state index contributed by atoms with van der Waals surface area (Å²) in [4.78, 5) is 9.99. The molecule has 1 unspecified atom stereocenters. The van der Waals surface area contributed by atoms with Crippen LogP contribution < -0.4 is 4.74 Å². The van der Waals surface area contributed by atoms with Crippen molar-refractivity contribution in [3.05, 3.63) is 34.4 Å². The molecule has 0 aliphatic rings. The van der Waals surface area contributed by atoms with E-state index in [0.29, 0.717) is 19.0 Å². The first-order valence-corrected chi connectivity index (χ1v) is 5.62. The van der Waals surface area contributed by atoms with Crippen molar-refractivity contribution in [2.75, 3.05) is 13.2 Å². The van der Waals surface area contributed by atoms with Crippen LogP contribution in [0.4, 0.5) is 5.69 Å². The minimum atomic E-state index is -0.435. The maximum atomic E-state index is 10.4. The second-order valence-electron chi connectivity index (χ2n) is 3.69. The summed E-state index contributed by atoms with van der Waals surface area (Å²) in [6.45, 7) is 5.03. The molecule has 0 spiro atoms. The number of nitro groups is 1. The molecule has 0 aliphatic heterocycles. The first-order chi connectivity index (χ1) is 8.13. The summed E-state index contributed by atoms with van der Waals surface area (Å²) in [5, 5.41) is 10.4. The normalized spacial score (nSPS) is 12.1. The highest BCUT2D eigenvalue weighted by atomic mass is 16.6. The smallest absolute Gasteiger partial charge is 0.269 e. The molecule has 94 valence electrons. The predicted octanol–water partition coefficient (Wildman–Crippen LogP) is 2.79. The van der Waals surface area contributed by atoms with Crippen molar-refractivity contribution in [1.82, 2.24) is 0 Å². The summed E-state index contributed by atoms with van der Waals surface area (Å²) < 4.78 is 10.8. The number of non-ortho nitro benzene ring substituents is 1. The number of rotatable bonds is 7. The van der Waals surface area contributed by atoms with E-state index in [2.05, 4.69) is 6.92 Å². The number of ether oxygens (including phenoxy) is 2. The minimum absolute atomic E-state index is 0.0632. The van der Waals surface area contributed by atoms with E-state index in [4.69, 9.17) is 9.47 Å². The van der Waals surface area contributed by atoms with Gasteiger partial charge in [-0.2, -0.15) is 0 Å². The number of hydrogen-bond acceptors (Lipinski definition) is 4. The lowest BCUT2D eigenvalue weighted by Crippen LogP contribution is -2.13. The molecule has 5 nitrogen and oxygen atoms in total. The van der Waals surface area contributed by atoms with Gasteiger partial charge in [-0.3, -0.25) is 10.1 Å². The van der Waals surface area contributed by atoms with Crippen LogP contribution in [0.15, 0.2) is 24.3 Å². The van der Waals surface area contributed by atoms with Crippen molar-refractivity contribution in [3.8, 4) is 5.75 Å².